The van der Waals surface area contributed by atoms with Gasteiger partial charge >= 0.3 is 0 Å². The van der Waals surface area contributed by atoms with Crippen LogP contribution in [0.15, 0.2) is 34.8 Å². The third-order valence-electron chi connectivity index (χ3n) is 6.79. The van der Waals surface area contributed by atoms with Crippen LogP contribution in [0.2, 0.25) is 0 Å². The second-order valence-corrected chi connectivity index (χ2v) is 10.1. The van der Waals surface area contributed by atoms with Crippen LogP contribution in [0.5, 0.6) is 5.75 Å². The normalized spacial score (nSPS) is 25.2. The Kier molecular flexibility index (Phi) is 9.38. The quantitative estimate of drug-likeness (QED) is 0.560. The molecule has 2 fully saturated rings. The molecule has 186 valence electrons. The van der Waals surface area contributed by atoms with E-state index < -0.39 is 0 Å². The van der Waals surface area contributed by atoms with Crippen molar-refractivity contribution in [1.29, 1.82) is 0 Å². The molecule has 4 rings (SSSR count). The Bertz CT molecular complexity index is 874. The maximum absolute atomic E-state index is 12.8. The van der Waals surface area contributed by atoms with Gasteiger partial charge in [0.15, 0.2) is 0 Å². The van der Waals surface area contributed by atoms with Crippen molar-refractivity contribution >= 4 is 27.7 Å². The van der Waals surface area contributed by atoms with Crippen molar-refractivity contribution in [3.05, 3.63) is 40.4 Å². The van der Waals surface area contributed by atoms with Crippen molar-refractivity contribution in [2.45, 2.75) is 19.4 Å². The molecule has 0 unspecified atom stereocenters. The second kappa shape index (κ2) is 12.7. The number of hydrogen-bond acceptors (Lipinski definition) is 6. The molecule has 0 saturated carbocycles. The summed E-state index contributed by atoms with van der Waals surface area (Å²) in [4.78, 5) is 29.7. The number of halogens is 1. The molecule has 0 spiro atoms. The Hall–Kier alpha value is -1.94. The fraction of sp³-hybridized carbons (Fsp3) is 0.600. The van der Waals surface area contributed by atoms with Gasteiger partial charge in [0, 0.05) is 62.3 Å². The molecule has 1 aromatic carbocycles. The zero-order valence-electron chi connectivity index (χ0n) is 19.6. The third-order valence-corrected chi connectivity index (χ3v) is 7.29. The van der Waals surface area contributed by atoms with Crippen molar-refractivity contribution < 1.29 is 19.1 Å². The lowest BCUT2D eigenvalue weighted by molar-refractivity contribution is -0.132. The van der Waals surface area contributed by atoms with Crippen LogP contribution in [0.25, 0.3) is 0 Å². The molecular weight excluding hydrogens is 500 g/mol. The van der Waals surface area contributed by atoms with E-state index in [-0.39, 0.29) is 30.2 Å². The summed E-state index contributed by atoms with van der Waals surface area (Å²) in [5, 5.41) is 6.35. The third kappa shape index (κ3) is 7.28. The Balaban J connectivity index is 1.34. The van der Waals surface area contributed by atoms with Crippen molar-refractivity contribution in [2.75, 3.05) is 65.6 Å². The van der Waals surface area contributed by atoms with Gasteiger partial charge in [-0.2, -0.15) is 0 Å². The summed E-state index contributed by atoms with van der Waals surface area (Å²) < 4.78 is 12.4. The summed E-state index contributed by atoms with van der Waals surface area (Å²) in [7, 11) is 0. The predicted molar refractivity (Wildman–Crippen MR) is 134 cm³/mol. The Morgan fingerprint density at radius 2 is 2.06 bits per heavy atom. The van der Waals surface area contributed by atoms with Crippen molar-refractivity contribution in [2.24, 2.45) is 11.8 Å². The monoisotopic (exact) mass is 534 g/mol. The van der Waals surface area contributed by atoms with Crippen LogP contribution in [0, 0.1) is 11.8 Å². The minimum absolute atomic E-state index is 0.0896. The maximum atomic E-state index is 12.8. The lowest BCUT2D eigenvalue weighted by atomic mass is 9.82. The maximum Gasteiger partial charge on any atom is 0.236 e. The smallest absolute Gasteiger partial charge is 0.236 e. The number of carbonyl (C=O) groups excluding carboxylic acids is 2. The highest BCUT2D eigenvalue weighted by molar-refractivity contribution is 9.10. The summed E-state index contributed by atoms with van der Waals surface area (Å²) in [5.41, 5.74) is 1.01. The number of ether oxygens (including phenoxy) is 2. The van der Waals surface area contributed by atoms with Crippen LogP contribution in [0.1, 0.15) is 18.4 Å². The topological polar surface area (TPSA) is 83.1 Å². The van der Waals surface area contributed by atoms with E-state index in [9.17, 15) is 9.59 Å². The minimum atomic E-state index is 0.0896. The largest absolute Gasteiger partial charge is 0.489 e. The van der Waals surface area contributed by atoms with Gasteiger partial charge in [-0.3, -0.25) is 14.5 Å². The fourth-order valence-corrected chi connectivity index (χ4v) is 5.24. The van der Waals surface area contributed by atoms with Gasteiger partial charge in [0.1, 0.15) is 12.4 Å². The number of rotatable bonds is 5. The van der Waals surface area contributed by atoms with Gasteiger partial charge in [0.05, 0.1) is 19.8 Å². The van der Waals surface area contributed by atoms with Gasteiger partial charge in [-0.1, -0.05) is 28.1 Å². The highest BCUT2D eigenvalue weighted by atomic mass is 79.9. The molecule has 3 aliphatic heterocycles. The summed E-state index contributed by atoms with van der Waals surface area (Å²) >= 11 is 3.51. The van der Waals surface area contributed by atoms with Crippen molar-refractivity contribution in [1.82, 2.24) is 20.4 Å². The van der Waals surface area contributed by atoms with Gasteiger partial charge in [-0.15, -0.1) is 0 Å². The molecule has 1 aromatic rings. The molecule has 34 heavy (non-hydrogen) atoms. The molecule has 9 heteroatoms. The van der Waals surface area contributed by atoms with Crippen molar-refractivity contribution in [3.8, 4) is 5.75 Å². The van der Waals surface area contributed by atoms with E-state index >= 15 is 0 Å². The number of piperidine rings is 1. The standard InChI is InChI=1S/C25H35BrN4O4/c26-22-3-4-23-21(14-22)16-27-17-25(32)30-7-5-19(20(18-30)2-1-11-34-23)15-24(31)28-6-8-29-9-12-33-13-10-29/h1-4,14,19-20,27H,5-13,15-18H2,(H,28,31)/b2-1+/t19-,20-/m0/s1. The van der Waals surface area contributed by atoms with Gasteiger partial charge in [0.2, 0.25) is 11.8 Å². The van der Waals surface area contributed by atoms with E-state index in [4.69, 9.17) is 9.47 Å². The van der Waals surface area contributed by atoms with Crippen LogP contribution < -0.4 is 15.4 Å². The van der Waals surface area contributed by atoms with E-state index in [1.807, 2.05) is 29.2 Å². The molecule has 2 amide bonds. The van der Waals surface area contributed by atoms with Crippen molar-refractivity contribution in [3.63, 3.8) is 0 Å². The molecule has 3 heterocycles. The summed E-state index contributed by atoms with van der Waals surface area (Å²) in [6.45, 7) is 7.53. The molecule has 8 nitrogen and oxygen atoms in total. The fourth-order valence-electron chi connectivity index (χ4n) is 4.83. The first-order chi connectivity index (χ1) is 16.6. The highest BCUT2D eigenvalue weighted by Crippen LogP contribution is 2.29. The highest BCUT2D eigenvalue weighted by Gasteiger charge is 2.31. The van der Waals surface area contributed by atoms with Gasteiger partial charge < -0.3 is 25.0 Å². The van der Waals surface area contributed by atoms with Crippen LogP contribution in [-0.2, 0) is 20.9 Å². The van der Waals surface area contributed by atoms with E-state index in [0.29, 0.717) is 39.2 Å². The van der Waals surface area contributed by atoms with E-state index in [1.54, 1.807) is 0 Å². The second-order valence-electron chi connectivity index (χ2n) is 9.16. The molecule has 0 radical (unpaired) electrons. The molecule has 2 bridgehead atoms. The molecule has 0 aliphatic carbocycles. The van der Waals surface area contributed by atoms with Crippen LogP contribution in [0.3, 0.4) is 0 Å². The molecule has 2 atom stereocenters. The van der Waals surface area contributed by atoms with E-state index in [0.717, 1.165) is 55.1 Å². The summed E-state index contributed by atoms with van der Waals surface area (Å²) in [6.07, 6.45) is 5.47. The number of hydrogen-bond donors (Lipinski definition) is 2. The van der Waals surface area contributed by atoms with Gasteiger partial charge in [0.25, 0.3) is 0 Å². The number of nitrogens with zero attached hydrogens (tertiary/aromatic N) is 2. The van der Waals surface area contributed by atoms with Crippen LogP contribution in [0.4, 0.5) is 0 Å². The number of nitrogens with one attached hydrogen (secondary N) is 2. The lowest BCUT2D eigenvalue weighted by Crippen LogP contribution is -2.47. The number of amides is 2. The van der Waals surface area contributed by atoms with Crippen LogP contribution >= 0.6 is 15.9 Å². The Labute approximate surface area is 210 Å². The zero-order valence-corrected chi connectivity index (χ0v) is 21.2. The zero-order chi connectivity index (χ0) is 23.8. The molecule has 2 saturated heterocycles. The number of morpholine rings is 1. The SMILES string of the molecule is O=C(C[C@@H]1CCN2C[C@@H]1/C=C/COc1ccc(Br)cc1CNCC2=O)NCCN1CCOCC1. The molecule has 0 aromatic heterocycles. The van der Waals surface area contributed by atoms with E-state index in [1.165, 1.54) is 0 Å². The lowest BCUT2D eigenvalue weighted by Gasteiger charge is -2.37. The van der Waals surface area contributed by atoms with Gasteiger partial charge in [-0.05, 0) is 36.5 Å². The molecule has 3 aliphatic rings. The first-order valence-corrected chi connectivity index (χ1v) is 13.0. The average Bonchev–Trinajstić information content (AvgIpc) is 2.84. The van der Waals surface area contributed by atoms with Crippen LogP contribution in [-0.4, -0.2) is 87.2 Å². The minimum Gasteiger partial charge on any atom is -0.489 e. The van der Waals surface area contributed by atoms with Gasteiger partial charge in [-0.25, -0.2) is 0 Å². The number of benzene rings is 1. The Morgan fingerprint density at radius 3 is 2.91 bits per heavy atom. The predicted octanol–water partition coefficient (Wildman–Crippen LogP) is 1.79. The summed E-state index contributed by atoms with van der Waals surface area (Å²) in [5.74, 6) is 1.35. The number of fused-ring (bicyclic) bond motifs is 3. The number of carbonyl (C=O) groups is 2. The first-order valence-electron chi connectivity index (χ1n) is 12.2. The summed E-state index contributed by atoms with van der Waals surface area (Å²) in [6, 6.07) is 5.92. The molecular formula is C25H35BrN4O4. The Morgan fingerprint density at radius 1 is 1.21 bits per heavy atom. The molecule has 2 N–H and O–H groups in total. The van der Waals surface area contributed by atoms with E-state index in [2.05, 4.69) is 37.5 Å². The first kappa shape index (κ1) is 25.2. The average molecular weight is 535 g/mol.